The van der Waals surface area contributed by atoms with Crippen molar-refractivity contribution in [3.05, 3.63) is 23.3 Å². The molecule has 21 heavy (non-hydrogen) atoms. The molecule has 6 heteroatoms. The Bertz CT molecular complexity index is 477. The Morgan fingerprint density at radius 2 is 1.90 bits per heavy atom. The van der Waals surface area contributed by atoms with Crippen LogP contribution in [0.3, 0.4) is 0 Å². The van der Waals surface area contributed by atoms with Crippen LogP contribution in [0.15, 0.2) is 12.1 Å². The predicted octanol–water partition coefficient (Wildman–Crippen LogP) is 1.76. The van der Waals surface area contributed by atoms with Gasteiger partial charge < -0.3 is 25.2 Å². The molecule has 0 aliphatic heterocycles. The Labute approximate surface area is 125 Å². The number of aryl methyl sites for hydroxylation is 1. The summed E-state index contributed by atoms with van der Waals surface area (Å²) in [6.07, 6.45) is 0.853. The number of aromatic carboxylic acids is 1. The average Bonchev–Trinajstić information content (AvgIpc) is 2.45. The number of methoxy groups -OCH3 is 2. The van der Waals surface area contributed by atoms with Gasteiger partial charge in [0, 0.05) is 45.3 Å². The number of ether oxygens (including phenoxy) is 2. The molecule has 0 aliphatic rings. The van der Waals surface area contributed by atoms with Crippen molar-refractivity contribution in [1.29, 1.82) is 0 Å². The van der Waals surface area contributed by atoms with Crippen molar-refractivity contribution in [2.45, 2.75) is 13.3 Å². The van der Waals surface area contributed by atoms with Gasteiger partial charge in [0.05, 0.1) is 12.2 Å². The summed E-state index contributed by atoms with van der Waals surface area (Å²) < 4.78 is 10.2. The Balaban J connectivity index is 3.02. The number of anilines is 2. The van der Waals surface area contributed by atoms with Crippen LogP contribution >= 0.6 is 0 Å². The second-order valence-corrected chi connectivity index (χ2v) is 4.86. The Kier molecular flexibility index (Phi) is 6.98. The molecule has 0 atom stereocenters. The van der Waals surface area contributed by atoms with Crippen molar-refractivity contribution in [1.82, 2.24) is 0 Å². The van der Waals surface area contributed by atoms with Gasteiger partial charge in [0.2, 0.25) is 0 Å². The number of hydrogen-bond donors (Lipinski definition) is 2. The van der Waals surface area contributed by atoms with Gasteiger partial charge in [0.25, 0.3) is 0 Å². The molecule has 0 saturated heterocycles. The zero-order valence-corrected chi connectivity index (χ0v) is 12.9. The van der Waals surface area contributed by atoms with Gasteiger partial charge in [0.1, 0.15) is 0 Å². The van der Waals surface area contributed by atoms with E-state index in [0.29, 0.717) is 25.4 Å². The number of benzene rings is 1. The number of hydrogen-bond acceptors (Lipinski definition) is 5. The SMILES string of the molecule is COCCCN(CCOC)c1cc(C)c(N)c(C(=O)O)c1. The number of carboxylic acid groups (broad SMARTS) is 1. The fourth-order valence-electron chi connectivity index (χ4n) is 2.11. The van der Waals surface area contributed by atoms with Crippen LogP contribution in [0.5, 0.6) is 0 Å². The summed E-state index contributed by atoms with van der Waals surface area (Å²) in [5.74, 6) is -1.01. The van der Waals surface area contributed by atoms with Crippen LogP contribution in [0.4, 0.5) is 11.4 Å². The Morgan fingerprint density at radius 1 is 1.24 bits per heavy atom. The maximum Gasteiger partial charge on any atom is 0.337 e. The highest BCUT2D eigenvalue weighted by Gasteiger charge is 2.15. The Morgan fingerprint density at radius 3 is 2.48 bits per heavy atom. The number of nitrogens with zero attached hydrogens (tertiary/aromatic N) is 1. The third kappa shape index (κ3) is 4.91. The van der Waals surface area contributed by atoms with Crippen molar-refractivity contribution in [3.63, 3.8) is 0 Å². The summed E-state index contributed by atoms with van der Waals surface area (Å²) in [5, 5.41) is 9.24. The van der Waals surface area contributed by atoms with E-state index >= 15 is 0 Å². The van der Waals surface area contributed by atoms with E-state index < -0.39 is 5.97 Å². The molecule has 0 saturated carbocycles. The summed E-state index contributed by atoms with van der Waals surface area (Å²) in [6.45, 7) is 4.49. The molecule has 0 aromatic heterocycles. The smallest absolute Gasteiger partial charge is 0.337 e. The molecule has 0 heterocycles. The highest BCUT2D eigenvalue weighted by atomic mass is 16.5. The third-order valence-electron chi connectivity index (χ3n) is 3.31. The molecule has 3 N–H and O–H groups in total. The lowest BCUT2D eigenvalue weighted by atomic mass is 10.1. The van der Waals surface area contributed by atoms with Gasteiger partial charge in [-0.15, -0.1) is 0 Å². The summed E-state index contributed by atoms with van der Waals surface area (Å²) in [6, 6.07) is 3.53. The van der Waals surface area contributed by atoms with Gasteiger partial charge in [-0.1, -0.05) is 0 Å². The lowest BCUT2D eigenvalue weighted by Gasteiger charge is -2.25. The van der Waals surface area contributed by atoms with Crippen LogP contribution < -0.4 is 10.6 Å². The minimum absolute atomic E-state index is 0.138. The fourth-order valence-corrected chi connectivity index (χ4v) is 2.11. The first-order valence-electron chi connectivity index (χ1n) is 6.87. The number of carbonyl (C=O) groups is 1. The number of nitrogens with two attached hydrogens (primary N) is 1. The number of rotatable bonds is 9. The maximum atomic E-state index is 11.3. The molecule has 0 amide bonds. The van der Waals surface area contributed by atoms with Crippen LogP contribution in [0.2, 0.25) is 0 Å². The zero-order chi connectivity index (χ0) is 15.8. The Hall–Kier alpha value is -1.79. The van der Waals surface area contributed by atoms with Crippen LogP contribution in [0, 0.1) is 6.92 Å². The molecule has 0 spiro atoms. The van der Waals surface area contributed by atoms with Crippen LogP contribution in [0.25, 0.3) is 0 Å². The standard InChI is InChI=1S/C15H24N2O4/c1-11-9-12(10-13(14(11)16)15(18)19)17(6-8-21-3)5-4-7-20-2/h9-10H,4-8,16H2,1-3H3,(H,18,19). The van der Waals surface area contributed by atoms with E-state index in [9.17, 15) is 9.90 Å². The van der Waals surface area contributed by atoms with Crippen molar-refractivity contribution in [2.75, 3.05) is 51.2 Å². The molecule has 1 rings (SSSR count). The molecule has 1 aromatic carbocycles. The maximum absolute atomic E-state index is 11.3. The summed E-state index contributed by atoms with van der Waals surface area (Å²) in [4.78, 5) is 13.4. The molecule has 0 fully saturated rings. The van der Waals surface area contributed by atoms with Gasteiger partial charge in [-0.05, 0) is 31.0 Å². The van der Waals surface area contributed by atoms with Crippen LogP contribution in [-0.4, -0.2) is 51.6 Å². The van der Waals surface area contributed by atoms with E-state index in [4.69, 9.17) is 15.2 Å². The largest absolute Gasteiger partial charge is 0.478 e. The molecule has 0 aliphatic carbocycles. The van der Waals surface area contributed by atoms with Crippen molar-refractivity contribution < 1.29 is 19.4 Å². The lowest BCUT2D eigenvalue weighted by Crippen LogP contribution is -2.29. The monoisotopic (exact) mass is 296 g/mol. The lowest BCUT2D eigenvalue weighted by molar-refractivity contribution is 0.0698. The highest BCUT2D eigenvalue weighted by molar-refractivity contribution is 5.95. The second kappa shape index (κ2) is 8.49. The van der Waals surface area contributed by atoms with E-state index in [1.807, 2.05) is 13.0 Å². The van der Waals surface area contributed by atoms with Crippen LogP contribution in [0.1, 0.15) is 22.3 Å². The number of carboxylic acids is 1. The van der Waals surface area contributed by atoms with Crippen molar-refractivity contribution >= 4 is 17.3 Å². The molecular weight excluding hydrogens is 272 g/mol. The zero-order valence-electron chi connectivity index (χ0n) is 12.9. The van der Waals surface area contributed by atoms with E-state index in [2.05, 4.69) is 4.90 Å². The first-order chi connectivity index (χ1) is 10.0. The van der Waals surface area contributed by atoms with Crippen molar-refractivity contribution in [2.24, 2.45) is 0 Å². The van der Waals surface area contributed by atoms with E-state index in [0.717, 1.165) is 24.2 Å². The molecule has 6 nitrogen and oxygen atoms in total. The van der Waals surface area contributed by atoms with E-state index in [-0.39, 0.29) is 5.56 Å². The predicted molar refractivity (Wildman–Crippen MR) is 83.1 cm³/mol. The topological polar surface area (TPSA) is 85.0 Å². The minimum atomic E-state index is -1.01. The first-order valence-corrected chi connectivity index (χ1v) is 6.87. The minimum Gasteiger partial charge on any atom is -0.478 e. The molecule has 1 aromatic rings. The van der Waals surface area contributed by atoms with E-state index in [1.165, 1.54) is 0 Å². The van der Waals surface area contributed by atoms with Gasteiger partial charge in [0.15, 0.2) is 0 Å². The van der Waals surface area contributed by atoms with Gasteiger partial charge in [-0.3, -0.25) is 0 Å². The fraction of sp³-hybridized carbons (Fsp3) is 0.533. The summed E-state index contributed by atoms with van der Waals surface area (Å²) in [5.41, 5.74) is 7.89. The number of nitrogen functional groups attached to an aromatic ring is 1. The highest BCUT2D eigenvalue weighted by Crippen LogP contribution is 2.25. The normalized spacial score (nSPS) is 10.6. The molecular formula is C15H24N2O4. The summed E-state index contributed by atoms with van der Waals surface area (Å²) in [7, 11) is 3.31. The first kappa shape index (κ1) is 17.3. The molecule has 118 valence electrons. The van der Waals surface area contributed by atoms with E-state index in [1.54, 1.807) is 20.3 Å². The van der Waals surface area contributed by atoms with Crippen molar-refractivity contribution in [3.8, 4) is 0 Å². The average molecular weight is 296 g/mol. The molecule has 0 bridgehead atoms. The quantitative estimate of drug-likeness (QED) is 0.533. The van der Waals surface area contributed by atoms with Gasteiger partial charge in [-0.25, -0.2) is 4.79 Å². The molecule has 0 unspecified atom stereocenters. The molecule has 0 radical (unpaired) electrons. The third-order valence-corrected chi connectivity index (χ3v) is 3.31. The van der Waals surface area contributed by atoms with Gasteiger partial charge >= 0.3 is 5.97 Å². The van der Waals surface area contributed by atoms with Crippen LogP contribution in [-0.2, 0) is 9.47 Å². The second-order valence-electron chi connectivity index (χ2n) is 4.86. The summed E-state index contributed by atoms with van der Waals surface area (Å²) >= 11 is 0. The van der Waals surface area contributed by atoms with Gasteiger partial charge in [-0.2, -0.15) is 0 Å².